The highest BCUT2D eigenvalue weighted by Gasteiger charge is 2.24. The Morgan fingerprint density at radius 1 is 1.25 bits per heavy atom. The quantitative estimate of drug-likeness (QED) is 0.232. The average Bonchev–Trinajstić information content (AvgIpc) is 3.25. The third-order valence-corrected chi connectivity index (χ3v) is 4.64. The van der Waals surface area contributed by atoms with E-state index in [0.717, 1.165) is 50.5 Å². The highest BCUT2D eigenvalue weighted by atomic mass is 127. The number of hydrogen-bond acceptors (Lipinski definition) is 3. The summed E-state index contributed by atoms with van der Waals surface area (Å²) in [6.45, 7) is 10.8. The summed E-state index contributed by atoms with van der Waals surface area (Å²) in [6, 6.07) is 0.651. The van der Waals surface area contributed by atoms with Gasteiger partial charge in [0.05, 0.1) is 0 Å². The maximum Gasteiger partial charge on any atom is 0.191 e. The van der Waals surface area contributed by atoms with Crippen molar-refractivity contribution in [2.24, 2.45) is 16.8 Å². The number of halogens is 1. The Morgan fingerprint density at radius 2 is 2.04 bits per heavy atom. The molecule has 0 unspecified atom stereocenters. The number of likely N-dealkylation sites (tertiary alicyclic amines) is 1. The maximum atomic E-state index is 5.66. The van der Waals surface area contributed by atoms with Crippen LogP contribution >= 0.6 is 24.0 Å². The predicted molar refractivity (Wildman–Crippen MR) is 112 cm³/mol. The highest BCUT2D eigenvalue weighted by molar-refractivity contribution is 14.0. The van der Waals surface area contributed by atoms with Crippen LogP contribution in [-0.4, -0.2) is 63.3 Å². The molecule has 6 heteroatoms. The first-order chi connectivity index (χ1) is 11.2. The number of nitrogens with zero attached hydrogens (tertiary/aromatic N) is 2. The largest absolute Gasteiger partial charge is 0.381 e. The van der Waals surface area contributed by atoms with E-state index in [1.807, 2.05) is 7.05 Å². The van der Waals surface area contributed by atoms with E-state index in [2.05, 4.69) is 34.4 Å². The lowest BCUT2D eigenvalue weighted by Gasteiger charge is -2.27. The molecule has 0 bridgehead atoms. The molecule has 142 valence electrons. The molecular formula is C18H37IN4O. The molecule has 1 aliphatic carbocycles. The molecule has 0 aromatic heterocycles. The van der Waals surface area contributed by atoms with Crippen molar-refractivity contribution < 1.29 is 4.74 Å². The Hall–Kier alpha value is -0.0800. The van der Waals surface area contributed by atoms with Crippen LogP contribution in [0.2, 0.25) is 0 Å². The van der Waals surface area contributed by atoms with Gasteiger partial charge in [-0.1, -0.05) is 13.8 Å². The Morgan fingerprint density at radius 3 is 2.71 bits per heavy atom. The predicted octanol–water partition coefficient (Wildman–Crippen LogP) is 2.71. The third kappa shape index (κ3) is 8.85. The fraction of sp³-hybridized carbons (Fsp3) is 0.944. The summed E-state index contributed by atoms with van der Waals surface area (Å²) >= 11 is 0. The monoisotopic (exact) mass is 452 g/mol. The molecular weight excluding hydrogens is 415 g/mol. The van der Waals surface area contributed by atoms with Crippen molar-refractivity contribution in [3.05, 3.63) is 0 Å². The summed E-state index contributed by atoms with van der Waals surface area (Å²) in [7, 11) is 1.85. The van der Waals surface area contributed by atoms with Crippen LogP contribution in [0.25, 0.3) is 0 Å². The van der Waals surface area contributed by atoms with E-state index in [1.54, 1.807) is 0 Å². The van der Waals surface area contributed by atoms with Gasteiger partial charge in [0.1, 0.15) is 0 Å². The van der Waals surface area contributed by atoms with Gasteiger partial charge in [-0.3, -0.25) is 9.89 Å². The molecule has 0 aromatic rings. The van der Waals surface area contributed by atoms with Crippen LogP contribution in [0.4, 0.5) is 0 Å². The first-order valence-corrected chi connectivity index (χ1v) is 9.45. The fourth-order valence-electron chi connectivity index (χ4n) is 3.19. The lowest BCUT2D eigenvalue weighted by Crippen LogP contribution is -2.45. The molecule has 2 rings (SSSR count). The van der Waals surface area contributed by atoms with Crippen LogP contribution in [0.5, 0.6) is 0 Å². The normalized spacial score (nSPS) is 21.8. The SMILES string of the molecule is CN=C(NCCCOCC1CC1)NC[C@H]1CCCN1CC(C)C.I. The van der Waals surface area contributed by atoms with Crippen molar-refractivity contribution >= 4 is 29.9 Å². The molecule has 1 saturated heterocycles. The van der Waals surface area contributed by atoms with Crippen molar-refractivity contribution in [1.29, 1.82) is 0 Å². The first-order valence-electron chi connectivity index (χ1n) is 9.45. The minimum Gasteiger partial charge on any atom is -0.381 e. The van der Waals surface area contributed by atoms with E-state index in [-0.39, 0.29) is 24.0 Å². The number of hydrogen-bond donors (Lipinski definition) is 2. The molecule has 1 heterocycles. The zero-order valence-electron chi connectivity index (χ0n) is 15.7. The van der Waals surface area contributed by atoms with Gasteiger partial charge in [-0.15, -0.1) is 24.0 Å². The second-order valence-electron chi connectivity index (χ2n) is 7.44. The van der Waals surface area contributed by atoms with E-state index in [9.17, 15) is 0 Å². The second-order valence-corrected chi connectivity index (χ2v) is 7.44. The Balaban J connectivity index is 0.00000288. The summed E-state index contributed by atoms with van der Waals surface area (Å²) < 4.78 is 5.66. The molecule has 0 amide bonds. The number of guanidine groups is 1. The average molecular weight is 452 g/mol. The number of rotatable bonds is 10. The van der Waals surface area contributed by atoms with Crippen molar-refractivity contribution in [2.45, 2.75) is 52.0 Å². The molecule has 0 spiro atoms. The van der Waals surface area contributed by atoms with Gasteiger partial charge < -0.3 is 15.4 Å². The topological polar surface area (TPSA) is 48.9 Å². The highest BCUT2D eigenvalue weighted by Crippen LogP contribution is 2.28. The van der Waals surface area contributed by atoms with Crippen LogP contribution in [0.15, 0.2) is 4.99 Å². The van der Waals surface area contributed by atoms with Crippen LogP contribution in [0.1, 0.15) is 46.0 Å². The smallest absolute Gasteiger partial charge is 0.191 e. The molecule has 5 nitrogen and oxygen atoms in total. The molecule has 0 aromatic carbocycles. The fourth-order valence-corrected chi connectivity index (χ4v) is 3.19. The van der Waals surface area contributed by atoms with Crippen LogP contribution < -0.4 is 10.6 Å². The molecule has 2 fully saturated rings. The van der Waals surface area contributed by atoms with Gasteiger partial charge in [-0.2, -0.15) is 0 Å². The van der Waals surface area contributed by atoms with Crippen molar-refractivity contribution in [2.75, 3.05) is 46.4 Å². The summed E-state index contributed by atoms with van der Waals surface area (Å²) in [4.78, 5) is 6.95. The van der Waals surface area contributed by atoms with Gasteiger partial charge in [0, 0.05) is 45.9 Å². The zero-order chi connectivity index (χ0) is 16.5. The van der Waals surface area contributed by atoms with Gasteiger partial charge in [0.2, 0.25) is 0 Å². The first kappa shape index (κ1) is 22.0. The van der Waals surface area contributed by atoms with Crippen LogP contribution in [0, 0.1) is 11.8 Å². The van der Waals surface area contributed by atoms with E-state index < -0.39 is 0 Å². The number of ether oxygens (including phenoxy) is 1. The summed E-state index contributed by atoms with van der Waals surface area (Å²) in [5.41, 5.74) is 0. The molecule has 0 radical (unpaired) electrons. The molecule has 24 heavy (non-hydrogen) atoms. The minimum absolute atomic E-state index is 0. The van der Waals surface area contributed by atoms with E-state index >= 15 is 0 Å². The van der Waals surface area contributed by atoms with Crippen molar-refractivity contribution in [3.63, 3.8) is 0 Å². The maximum absolute atomic E-state index is 5.66. The van der Waals surface area contributed by atoms with E-state index in [1.165, 1.54) is 38.8 Å². The molecule has 1 atom stereocenters. The second kappa shape index (κ2) is 12.3. The standard InChI is InChI=1S/C18H36N4O.HI/c1-15(2)13-22-10-4-6-17(22)12-21-18(19-3)20-9-5-11-23-14-16-7-8-16;/h15-17H,4-14H2,1-3H3,(H2,19,20,21);1H/t17-;/m1./s1. The Kier molecular flexibility index (Phi) is 11.3. The lowest BCUT2D eigenvalue weighted by molar-refractivity contribution is 0.123. The van der Waals surface area contributed by atoms with E-state index in [4.69, 9.17) is 4.74 Å². The third-order valence-electron chi connectivity index (χ3n) is 4.64. The van der Waals surface area contributed by atoms with Crippen LogP contribution in [-0.2, 0) is 4.74 Å². The summed E-state index contributed by atoms with van der Waals surface area (Å²) in [5.74, 6) is 2.52. The summed E-state index contributed by atoms with van der Waals surface area (Å²) in [6.07, 6.45) is 6.39. The summed E-state index contributed by atoms with van der Waals surface area (Å²) in [5, 5.41) is 6.88. The van der Waals surface area contributed by atoms with Gasteiger partial charge in [-0.05, 0) is 50.5 Å². The molecule has 2 aliphatic rings. The van der Waals surface area contributed by atoms with Crippen molar-refractivity contribution in [3.8, 4) is 0 Å². The molecule has 1 saturated carbocycles. The van der Waals surface area contributed by atoms with Crippen LogP contribution in [0.3, 0.4) is 0 Å². The Labute approximate surface area is 165 Å². The van der Waals surface area contributed by atoms with Gasteiger partial charge >= 0.3 is 0 Å². The number of nitrogens with one attached hydrogen (secondary N) is 2. The van der Waals surface area contributed by atoms with E-state index in [0.29, 0.717) is 6.04 Å². The van der Waals surface area contributed by atoms with Crippen molar-refractivity contribution in [1.82, 2.24) is 15.5 Å². The Bertz CT molecular complexity index is 361. The number of aliphatic imine (C=N–C) groups is 1. The van der Waals surface area contributed by atoms with Gasteiger partial charge in [-0.25, -0.2) is 0 Å². The minimum atomic E-state index is 0. The lowest BCUT2D eigenvalue weighted by atomic mass is 10.1. The van der Waals surface area contributed by atoms with Gasteiger partial charge in [0.25, 0.3) is 0 Å². The molecule has 2 N–H and O–H groups in total. The zero-order valence-corrected chi connectivity index (χ0v) is 18.1. The molecule has 1 aliphatic heterocycles. The van der Waals surface area contributed by atoms with Gasteiger partial charge in [0.15, 0.2) is 5.96 Å².